The van der Waals surface area contributed by atoms with Crippen molar-refractivity contribution in [1.29, 1.82) is 0 Å². The van der Waals surface area contributed by atoms with Crippen LogP contribution in [-0.2, 0) is 9.59 Å². The molecule has 8 nitrogen and oxygen atoms in total. The molecule has 218 valence electrons. The number of carbonyl (C=O) groups excluding carboxylic acids is 2. The number of aromatic nitrogens is 1. The van der Waals surface area contributed by atoms with E-state index in [-0.39, 0.29) is 17.2 Å². The van der Waals surface area contributed by atoms with E-state index in [9.17, 15) is 9.59 Å². The molecule has 0 radical (unpaired) electrons. The van der Waals surface area contributed by atoms with Gasteiger partial charge in [0.15, 0.2) is 5.96 Å². The number of nitrogens with zero attached hydrogens (tertiary/aromatic N) is 3. The van der Waals surface area contributed by atoms with E-state index in [1.54, 1.807) is 12.4 Å². The van der Waals surface area contributed by atoms with Gasteiger partial charge in [0.05, 0.1) is 11.6 Å². The van der Waals surface area contributed by atoms with Crippen LogP contribution in [0.3, 0.4) is 0 Å². The number of carbonyl (C=O) groups is 2. The first-order valence-electron chi connectivity index (χ1n) is 13.8. The summed E-state index contributed by atoms with van der Waals surface area (Å²) >= 11 is 0. The molecule has 0 saturated heterocycles. The zero-order chi connectivity index (χ0) is 30.0. The van der Waals surface area contributed by atoms with Gasteiger partial charge in [-0.25, -0.2) is 4.99 Å². The molecule has 1 fully saturated rings. The number of aliphatic imine (C=N–C) groups is 1. The number of terminal acetylenes is 1. The minimum atomic E-state index is -0.302. The molecule has 1 aliphatic carbocycles. The van der Waals surface area contributed by atoms with Gasteiger partial charge in [-0.05, 0) is 63.6 Å². The molecule has 0 unspecified atom stereocenters. The Kier molecular flexibility index (Phi) is 15.1. The number of ether oxygens (including phenoxy) is 1. The van der Waals surface area contributed by atoms with Gasteiger partial charge >= 0.3 is 0 Å². The number of aldehydes is 1. The minimum Gasteiger partial charge on any atom is -0.487 e. The van der Waals surface area contributed by atoms with E-state index in [2.05, 4.69) is 42.0 Å². The van der Waals surface area contributed by atoms with Crippen molar-refractivity contribution in [1.82, 2.24) is 15.2 Å². The number of rotatable bonds is 9. The van der Waals surface area contributed by atoms with Crippen molar-refractivity contribution in [2.45, 2.75) is 83.4 Å². The van der Waals surface area contributed by atoms with Gasteiger partial charge in [0.2, 0.25) is 6.41 Å². The monoisotopic (exact) mass is 549 g/mol. The molecule has 0 bridgehead atoms. The SMILES string of the molecule is C#C.CC1(C)C[C@H](NC=O)c2ccccc2O1.CCC(CC)(CC=O)N=C(N)N(C)CC1CC1.c1ccncc1. The van der Waals surface area contributed by atoms with Crippen LogP contribution in [0.25, 0.3) is 0 Å². The van der Waals surface area contributed by atoms with Crippen LogP contribution in [0.1, 0.15) is 77.8 Å². The second-order valence-electron chi connectivity index (χ2n) is 10.6. The third-order valence-electron chi connectivity index (χ3n) is 6.96. The van der Waals surface area contributed by atoms with E-state index in [1.807, 2.05) is 68.3 Å². The van der Waals surface area contributed by atoms with Crippen molar-refractivity contribution < 1.29 is 14.3 Å². The first-order valence-corrected chi connectivity index (χ1v) is 13.8. The molecule has 1 aliphatic heterocycles. The minimum absolute atomic E-state index is 0.0578. The van der Waals surface area contributed by atoms with Crippen LogP contribution in [-0.4, -0.2) is 53.3 Å². The van der Waals surface area contributed by atoms with Crippen molar-refractivity contribution in [3.05, 3.63) is 60.4 Å². The largest absolute Gasteiger partial charge is 0.487 e. The Hall–Kier alpha value is -3.86. The van der Waals surface area contributed by atoms with Gasteiger partial charge < -0.3 is 25.5 Å². The van der Waals surface area contributed by atoms with Crippen LogP contribution < -0.4 is 15.8 Å². The third kappa shape index (κ3) is 11.9. The summed E-state index contributed by atoms with van der Waals surface area (Å²) in [6, 6.07) is 13.6. The lowest BCUT2D eigenvalue weighted by Gasteiger charge is -2.37. The fourth-order valence-corrected chi connectivity index (χ4v) is 4.35. The molecule has 4 rings (SSSR count). The number of hydrogen-bond acceptors (Lipinski definition) is 5. The normalized spacial score (nSPS) is 16.9. The molecule has 1 aromatic carbocycles. The Balaban J connectivity index is 0.000000316. The Bertz CT molecular complexity index is 1020. The van der Waals surface area contributed by atoms with Crippen molar-refractivity contribution in [3.63, 3.8) is 0 Å². The summed E-state index contributed by atoms with van der Waals surface area (Å²) in [4.78, 5) is 31.7. The molecule has 2 aromatic rings. The van der Waals surface area contributed by atoms with Gasteiger partial charge in [0, 0.05) is 44.4 Å². The smallest absolute Gasteiger partial charge is 0.207 e. The first kappa shape index (κ1) is 34.2. The first-order chi connectivity index (χ1) is 19.2. The number of nitrogens with two attached hydrogens (primary N) is 1. The molecule has 0 spiro atoms. The molecule has 40 heavy (non-hydrogen) atoms. The molecule has 1 amide bonds. The zero-order valence-electron chi connectivity index (χ0n) is 24.8. The lowest BCUT2D eigenvalue weighted by Crippen LogP contribution is -2.39. The lowest BCUT2D eigenvalue weighted by molar-refractivity contribution is -0.111. The number of benzene rings is 1. The van der Waals surface area contributed by atoms with Crippen LogP contribution in [0.15, 0.2) is 59.9 Å². The van der Waals surface area contributed by atoms with Crippen molar-refractivity contribution in [3.8, 4) is 18.6 Å². The number of amides is 1. The number of fused-ring (bicyclic) bond motifs is 1. The molecule has 2 aliphatic rings. The van der Waals surface area contributed by atoms with E-state index in [0.29, 0.717) is 12.4 Å². The molecule has 1 atom stereocenters. The van der Waals surface area contributed by atoms with Crippen LogP contribution in [0.4, 0.5) is 0 Å². The Morgan fingerprint density at radius 3 is 2.25 bits per heavy atom. The Morgan fingerprint density at radius 1 is 1.15 bits per heavy atom. The van der Waals surface area contributed by atoms with Gasteiger partial charge in [0.1, 0.15) is 17.6 Å². The van der Waals surface area contributed by atoms with Crippen LogP contribution in [0.2, 0.25) is 0 Å². The highest BCUT2D eigenvalue weighted by Gasteiger charge is 2.33. The standard InChI is InChI=1S/C13H25N3O.C12H15NO2.C5H5N.C2H2/c1-4-13(5-2,8-9-17)15-12(14)16(3)10-11-6-7-11;1-12(2)7-10(13-8-14)9-5-3-4-6-11(9)15-12;1-2-4-6-5-3-1;1-2/h9,11H,4-8,10H2,1-3H3,(H2,14,15);3-6,8,10H,7H2,1-2H3,(H,13,14);1-5H;1-2H/t;10-;;/m.0../s1. The number of pyridine rings is 1. The predicted molar refractivity (Wildman–Crippen MR) is 163 cm³/mol. The number of hydrogen-bond donors (Lipinski definition) is 2. The molecular weight excluding hydrogens is 502 g/mol. The van der Waals surface area contributed by atoms with E-state index in [4.69, 9.17) is 10.5 Å². The van der Waals surface area contributed by atoms with Crippen molar-refractivity contribution >= 4 is 18.7 Å². The molecule has 8 heteroatoms. The quantitative estimate of drug-likeness (QED) is 0.194. The molecule has 3 N–H and O–H groups in total. The number of nitrogens with one attached hydrogen (secondary N) is 1. The van der Waals surface area contributed by atoms with Gasteiger partial charge in [-0.15, -0.1) is 12.8 Å². The second kappa shape index (κ2) is 17.7. The summed E-state index contributed by atoms with van der Waals surface area (Å²) in [6.45, 7) is 9.17. The van der Waals surface area contributed by atoms with Crippen LogP contribution in [0.5, 0.6) is 5.75 Å². The average Bonchev–Trinajstić information content (AvgIpc) is 3.79. The van der Waals surface area contributed by atoms with Crippen LogP contribution >= 0.6 is 0 Å². The molecule has 2 heterocycles. The zero-order valence-corrected chi connectivity index (χ0v) is 24.8. The highest BCUT2D eigenvalue weighted by Crippen LogP contribution is 2.38. The summed E-state index contributed by atoms with van der Waals surface area (Å²) in [7, 11) is 1.98. The maximum atomic E-state index is 10.8. The Labute approximate surface area is 240 Å². The van der Waals surface area contributed by atoms with Crippen molar-refractivity contribution in [2.75, 3.05) is 13.6 Å². The maximum absolute atomic E-state index is 10.8. The summed E-state index contributed by atoms with van der Waals surface area (Å²) < 4.78 is 5.84. The van der Waals surface area contributed by atoms with E-state index >= 15 is 0 Å². The lowest BCUT2D eigenvalue weighted by atomic mass is 9.90. The third-order valence-corrected chi connectivity index (χ3v) is 6.96. The average molecular weight is 550 g/mol. The van der Waals surface area contributed by atoms with E-state index in [1.165, 1.54) is 12.8 Å². The maximum Gasteiger partial charge on any atom is 0.207 e. The van der Waals surface area contributed by atoms with Gasteiger partial charge in [-0.1, -0.05) is 38.1 Å². The number of guanidine groups is 1. The van der Waals surface area contributed by atoms with E-state index < -0.39 is 0 Å². The number of para-hydroxylation sites is 1. The van der Waals surface area contributed by atoms with Gasteiger partial charge in [-0.2, -0.15) is 0 Å². The summed E-state index contributed by atoms with van der Waals surface area (Å²) in [5.41, 5.74) is 6.55. The van der Waals surface area contributed by atoms with Gasteiger partial charge in [-0.3, -0.25) is 9.78 Å². The predicted octanol–water partition coefficient (Wildman–Crippen LogP) is 5.16. The highest BCUT2D eigenvalue weighted by atomic mass is 16.5. The molecule has 1 aromatic heterocycles. The fraction of sp³-hybridized carbons (Fsp3) is 0.500. The van der Waals surface area contributed by atoms with Gasteiger partial charge in [0.25, 0.3) is 0 Å². The summed E-state index contributed by atoms with van der Waals surface area (Å²) in [6.07, 6.45) is 18.8. The summed E-state index contributed by atoms with van der Waals surface area (Å²) in [5, 5.41) is 2.84. The fourth-order valence-electron chi connectivity index (χ4n) is 4.35. The van der Waals surface area contributed by atoms with Crippen molar-refractivity contribution in [2.24, 2.45) is 16.6 Å². The molecule has 1 saturated carbocycles. The Morgan fingerprint density at radius 2 is 1.77 bits per heavy atom. The highest BCUT2D eigenvalue weighted by molar-refractivity contribution is 5.78. The van der Waals surface area contributed by atoms with Crippen LogP contribution in [0, 0.1) is 18.8 Å². The molecular formula is C32H47N5O3. The second-order valence-corrected chi connectivity index (χ2v) is 10.6. The van der Waals surface area contributed by atoms with E-state index in [0.717, 1.165) is 55.7 Å². The summed E-state index contributed by atoms with van der Waals surface area (Å²) in [5.74, 6) is 2.23. The topological polar surface area (TPSA) is 110 Å².